The number of hydrogen-bond donors (Lipinski definition) is 3. The molecule has 0 bridgehead atoms. The Morgan fingerprint density at radius 3 is 2.78 bits per heavy atom. The molecule has 0 radical (unpaired) electrons. The van der Waals surface area contributed by atoms with Gasteiger partial charge in [0.25, 0.3) is 5.91 Å². The van der Waals surface area contributed by atoms with E-state index >= 15 is 0 Å². The molecule has 1 fully saturated rings. The molecule has 0 aliphatic heterocycles. The second kappa shape index (κ2) is 10.9. The molecule has 0 unspecified atom stereocenters. The summed E-state index contributed by atoms with van der Waals surface area (Å²) in [6.07, 6.45) is 3.28. The first-order valence-corrected chi connectivity index (χ1v) is 8.57. The maximum atomic E-state index is 12.0. The van der Waals surface area contributed by atoms with Gasteiger partial charge >= 0.3 is 0 Å². The Hall–Kier alpha value is -0.830. The van der Waals surface area contributed by atoms with Crippen molar-refractivity contribution in [2.24, 2.45) is 4.99 Å². The molecule has 0 atom stereocenters. The summed E-state index contributed by atoms with van der Waals surface area (Å²) in [7, 11) is 0. The molecule has 0 saturated heterocycles. The van der Waals surface area contributed by atoms with Gasteiger partial charge in [0.15, 0.2) is 5.96 Å². The van der Waals surface area contributed by atoms with Gasteiger partial charge in [-0.15, -0.1) is 24.0 Å². The minimum absolute atomic E-state index is 0. The monoisotopic (exact) mass is 494 g/mol. The molecule has 0 aromatic heterocycles. The van der Waals surface area contributed by atoms with Crippen LogP contribution in [0.25, 0.3) is 0 Å². The van der Waals surface area contributed by atoms with Crippen LogP contribution in [0.15, 0.2) is 33.7 Å². The van der Waals surface area contributed by atoms with E-state index in [4.69, 9.17) is 0 Å². The number of carbonyl (C=O) groups excluding carboxylic acids is 1. The number of aliphatic imine (C=N–C) groups is 1. The Kier molecular flexibility index (Phi) is 9.54. The van der Waals surface area contributed by atoms with Crippen LogP contribution >= 0.6 is 39.9 Å². The lowest BCUT2D eigenvalue weighted by Crippen LogP contribution is -2.38. The number of hydrogen-bond acceptors (Lipinski definition) is 2. The fourth-order valence-electron chi connectivity index (χ4n) is 1.94. The highest BCUT2D eigenvalue weighted by molar-refractivity contribution is 14.0. The zero-order valence-corrected chi connectivity index (χ0v) is 17.2. The summed E-state index contributed by atoms with van der Waals surface area (Å²) in [6, 6.07) is 7.97. The number of nitrogens with one attached hydrogen (secondary N) is 3. The van der Waals surface area contributed by atoms with Gasteiger partial charge < -0.3 is 16.0 Å². The third kappa shape index (κ3) is 8.01. The van der Waals surface area contributed by atoms with Crippen molar-refractivity contribution in [3.63, 3.8) is 0 Å². The molecule has 1 aromatic rings. The molecular formula is C16H24BrIN4O. The molecule has 23 heavy (non-hydrogen) atoms. The smallest absolute Gasteiger partial charge is 0.251 e. The topological polar surface area (TPSA) is 65.5 Å². The Morgan fingerprint density at radius 2 is 2.13 bits per heavy atom. The molecule has 128 valence electrons. The molecule has 0 heterocycles. The van der Waals surface area contributed by atoms with Gasteiger partial charge in [-0.1, -0.05) is 22.0 Å². The van der Waals surface area contributed by atoms with Gasteiger partial charge in [-0.3, -0.25) is 9.79 Å². The number of benzene rings is 1. The summed E-state index contributed by atoms with van der Waals surface area (Å²) in [4.78, 5) is 16.5. The summed E-state index contributed by atoms with van der Waals surface area (Å²) in [5, 5.41) is 9.52. The van der Waals surface area contributed by atoms with Gasteiger partial charge in [-0.05, 0) is 44.4 Å². The van der Waals surface area contributed by atoms with Gasteiger partial charge in [0, 0.05) is 35.7 Å². The first-order valence-electron chi connectivity index (χ1n) is 7.77. The van der Waals surface area contributed by atoms with E-state index < -0.39 is 0 Å². The fraction of sp³-hybridized carbons (Fsp3) is 0.500. The van der Waals surface area contributed by atoms with Crippen LogP contribution in [0.1, 0.15) is 36.5 Å². The van der Waals surface area contributed by atoms with E-state index in [0.717, 1.165) is 23.4 Å². The molecular weight excluding hydrogens is 471 g/mol. The minimum atomic E-state index is -0.0479. The Bertz CT molecular complexity index is 535. The summed E-state index contributed by atoms with van der Waals surface area (Å²) < 4.78 is 0.909. The summed E-state index contributed by atoms with van der Waals surface area (Å²) in [5.74, 6) is 0.830. The average molecular weight is 495 g/mol. The third-order valence-corrected chi connectivity index (χ3v) is 3.73. The highest BCUT2D eigenvalue weighted by atomic mass is 127. The van der Waals surface area contributed by atoms with Crippen LogP contribution < -0.4 is 16.0 Å². The van der Waals surface area contributed by atoms with Crippen molar-refractivity contribution in [3.05, 3.63) is 34.3 Å². The quantitative estimate of drug-likeness (QED) is 0.236. The van der Waals surface area contributed by atoms with Crippen LogP contribution in [-0.4, -0.2) is 37.5 Å². The molecule has 5 nitrogen and oxygen atoms in total. The Balaban J connectivity index is 0.00000264. The van der Waals surface area contributed by atoms with Crippen LogP contribution in [-0.2, 0) is 0 Å². The van der Waals surface area contributed by atoms with Crippen molar-refractivity contribution in [1.82, 2.24) is 16.0 Å². The van der Waals surface area contributed by atoms with E-state index in [2.05, 4.69) is 43.8 Å². The number of amides is 1. The molecule has 1 amide bonds. The Labute approximate surface area is 163 Å². The van der Waals surface area contributed by atoms with Gasteiger partial charge in [0.2, 0.25) is 0 Å². The van der Waals surface area contributed by atoms with Crippen LogP contribution in [0.2, 0.25) is 0 Å². The largest absolute Gasteiger partial charge is 0.357 e. The van der Waals surface area contributed by atoms with Crippen molar-refractivity contribution in [3.8, 4) is 0 Å². The van der Waals surface area contributed by atoms with Crippen LogP contribution in [0.4, 0.5) is 0 Å². The summed E-state index contributed by atoms with van der Waals surface area (Å²) in [6.45, 7) is 4.24. The van der Waals surface area contributed by atoms with Crippen LogP contribution in [0.5, 0.6) is 0 Å². The first-order chi connectivity index (χ1) is 10.7. The summed E-state index contributed by atoms with van der Waals surface area (Å²) in [5.41, 5.74) is 0.668. The molecule has 1 aliphatic carbocycles. The highest BCUT2D eigenvalue weighted by Gasteiger charge is 2.21. The maximum Gasteiger partial charge on any atom is 0.251 e. The standard InChI is InChI=1S/C16H23BrN4O.HI/c1-2-18-16(21-14-7-8-14)20-10-4-9-19-15(22)12-5-3-6-13(17)11-12;/h3,5-6,11,14H,2,4,7-10H2,1H3,(H,19,22)(H2,18,20,21);1H. The summed E-state index contributed by atoms with van der Waals surface area (Å²) >= 11 is 3.37. The highest BCUT2D eigenvalue weighted by Crippen LogP contribution is 2.18. The number of rotatable bonds is 7. The van der Waals surface area contributed by atoms with Crippen molar-refractivity contribution in [1.29, 1.82) is 0 Å². The van der Waals surface area contributed by atoms with E-state index in [0.29, 0.717) is 24.7 Å². The Morgan fingerprint density at radius 1 is 1.35 bits per heavy atom. The molecule has 1 aliphatic rings. The molecule has 3 N–H and O–H groups in total. The van der Waals surface area contributed by atoms with Gasteiger partial charge in [0.05, 0.1) is 0 Å². The normalized spacial score (nSPS) is 13.9. The number of halogens is 2. The third-order valence-electron chi connectivity index (χ3n) is 3.24. The van der Waals surface area contributed by atoms with Crippen LogP contribution in [0.3, 0.4) is 0 Å². The lowest BCUT2D eigenvalue weighted by Gasteiger charge is -2.10. The maximum absolute atomic E-state index is 12.0. The lowest BCUT2D eigenvalue weighted by atomic mass is 10.2. The van der Waals surface area contributed by atoms with E-state index in [-0.39, 0.29) is 29.9 Å². The van der Waals surface area contributed by atoms with Crippen molar-refractivity contribution in [2.45, 2.75) is 32.2 Å². The van der Waals surface area contributed by atoms with Gasteiger partial charge in [0.1, 0.15) is 0 Å². The zero-order valence-electron chi connectivity index (χ0n) is 13.3. The van der Waals surface area contributed by atoms with Crippen molar-refractivity contribution < 1.29 is 4.79 Å². The second-order valence-electron chi connectivity index (χ2n) is 5.30. The van der Waals surface area contributed by atoms with E-state index in [1.54, 1.807) is 6.07 Å². The van der Waals surface area contributed by atoms with Crippen molar-refractivity contribution in [2.75, 3.05) is 19.6 Å². The predicted octanol–water partition coefficient (Wildman–Crippen LogP) is 2.90. The SMILES string of the molecule is CCNC(=NCCCNC(=O)c1cccc(Br)c1)NC1CC1.I. The minimum Gasteiger partial charge on any atom is -0.357 e. The van der Waals surface area contributed by atoms with Gasteiger partial charge in [-0.2, -0.15) is 0 Å². The molecule has 1 saturated carbocycles. The predicted molar refractivity (Wildman–Crippen MR) is 109 cm³/mol. The molecule has 2 rings (SSSR count). The molecule has 1 aromatic carbocycles. The molecule has 0 spiro atoms. The average Bonchev–Trinajstić information content (AvgIpc) is 3.31. The number of nitrogens with zero attached hydrogens (tertiary/aromatic N) is 1. The number of guanidine groups is 1. The van der Waals surface area contributed by atoms with Crippen LogP contribution in [0, 0.1) is 0 Å². The van der Waals surface area contributed by atoms with E-state index in [1.807, 2.05) is 18.2 Å². The zero-order chi connectivity index (χ0) is 15.8. The van der Waals surface area contributed by atoms with E-state index in [1.165, 1.54) is 12.8 Å². The fourth-order valence-corrected chi connectivity index (χ4v) is 2.34. The number of carbonyl (C=O) groups is 1. The van der Waals surface area contributed by atoms with Crippen molar-refractivity contribution >= 4 is 51.8 Å². The van der Waals surface area contributed by atoms with Gasteiger partial charge in [-0.25, -0.2) is 0 Å². The first kappa shape index (κ1) is 20.2. The second-order valence-corrected chi connectivity index (χ2v) is 6.21. The van der Waals surface area contributed by atoms with E-state index in [9.17, 15) is 4.79 Å². The molecule has 7 heteroatoms. The lowest BCUT2D eigenvalue weighted by molar-refractivity contribution is 0.0953.